The van der Waals surface area contributed by atoms with E-state index in [1.165, 1.54) is 16.9 Å². The van der Waals surface area contributed by atoms with Crippen LogP contribution in [0.4, 0.5) is 0 Å². The van der Waals surface area contributed by atoms with Gasteiger partial charge in [0.05, 0.1) is 5.52 Å². The van der Waals surface area contributed by atoms with Gasteiger partial charge in [-0.2, -0.15) is 0 Å². The summed E-state index contributed by atoms with van der Waals surface area (Å²) in [6.07, 6.45) is 4.25. The first-order valence-electron chi connectivity index (χ1n) is 11.7. The van der Waals surface area contributed by atoms with E-state index in [1.807, 2.05) is 41.0 Å². The molecule has 3 aromatic heterocycles. The molecule has 0 fully saturated rings. The minimum absolute atomic E-state index is 0.0450. The van der Waals surface area contributed by atoms with Crippen LogP contribution in [0, 0.1) is 0 Å². The van der Waals surface area contributed by atoms with Crippen molar-refractivity contribution in [3.8, 4) is 0 Å². The monoisotopic (exact) mass is 481 g/mol. The van der Waals surface area contributed by atoms with E-state index in [2.05, 4.69) is 27.6 Å². The zero-order valence-electron chi connectivity index (χ0n) is 19.7. The van der Waals surface area contributed by atoms with E-state index in [0.717, 1.165) is 24.2 Å². The molecule has 0 aliphatic rings. The van der Waals surface area contributed by atoms with Crippen molar-refractivity contribution in [1.29, 1.82) is 0 Å². The first kappa shape index (κ1) is 24.1. The summed E-state index contributed by atoms with van der Waals surface area (Å²) in [5.74, 6) is 1.36. The highest BCUT2D eigenvalue weighted by Gasteiger charge is 2.17. The lowest BCUT2D eigenvalue weighted by atomic mass is 10.1. The molecule has 0 saturated carbocycles. The Balaban J connectivity index is 1.38. The van der Waals surface area contributed by atoms with Gasteiger partial charge < -0.3 is 10.1 Å². The predicted octanol–water partition coefficient (Wildman–Crippen LogP) is 3.60. The lowest BCUT2D eigenvalue weighted by Crippen LogP contribution is -2.32. The van der Waals surface area contributed by atoms with Gasteiger partial charge in [0.1, 0.15) is 10.5 Å². The molecule has 8 nitrogen and oxygen atoms in total. The molecule has 9 heteroatoms. The largest absolute Gasteiger partial charge is 0.385 e. The summed E-state index contributed by atoms with van der Waals surface area (Å²) in [5, 5.41) is 13.7. The Morgan fingerprint density at radius 1 is 1.15 bits per heavy atom. The number of aryl methyl sites for hydroxylation is 3. The third kappa shape index (κ3) is 5.53. The van der Waals surface area contributed by atoms with E-state index in [0.29, 0.717) is 49.3 Å². The number of rotatable bonds is 12. The quantitative estimate of drug-likeness (QED) is 0.312. The number of benzene rings is 1. The second-order valence-electron chi connectivity index (χ2n) is 8.54. The van der Waals surface area contributed by atoms with Gasteiger partial charge in [-0.1, -0.05) is 30.3 Å². The van der Waals surface area contributed by atoms with Gasteiger partial charge in [0, 0.05) is 39.1 Å². The molecule has 0 aliphatic heterocycles. The van der Waals surface area contributed by atoms with Crippen LogP contribution in [-0.4, -0.2) is 44.8 Å². The number of methoxy groups -OCH3 is 1. The van der Waals surface area contributed by atoms with E-state index in [9.17, 15) is 9.59 Å². The van der Waals surface area contributed by atoms with Crippen LogP contribution < -0.4 is 10.9 Å². The van der Waals surface area contributed by atoms with E-state index in [-0.39, 0.29) is 17.5 Å². The number of ether oxygens (including phenoxy) is 1. The summed E-state index contributed by atoms with van der Waals surface area (Å²) in [6, 6.07) is 12.4. The van der Waals surface area contributed by atoms with Crippen LogP contribution in [0.3, 0.4) is 0 Å². The number of carbonyl (C=O) groups is 1. The number of hydrogen-bond donors (Lipinski definition) is 1. The van der Waals surface area contributed by atoms with E-state index in [4.69, 9.17) is 4.74 Å². The molecule has 4 rings (SSSR count). The molecule has 180 valence electrons. The number of thiophene rings is 1. The van der Waals surface area contributed by atoms with Crippen molar-refractivity contribution in [2.24, 2.45) is 0 Å². The first-order valence-corrected chi connectivity index (χ1v) is 12.6. The Morgan fingerprint density at radius 2 is 1.97 bits per heavy atom. The van der Waals surface area contributed by atoms with Crippen molar-refractivity contribution in [2.45, 2.75) is 58.0 Å². The average Bonchev–Trinajstić information content (AvgIpc) is 3.48. The molecule has 0 bridgehead atoms. The minimum Gasteiger partial charge on any atom is -0.385 e. The fourth-order valence-electron chi connectivity index (χ4n) is 4.17. The molecule has 1 N–H and O–H groups in total. The molecule has 0 aliphatic carbocycles. The molecular formula is C25H31N5O3S. The molecule has 0 saturated heterocycles. The van der Waals surface area contributed by atoms with Crippen LogP contribution in [0.2, 0.25) is 0 Å². The molecule has 1 aromatic carbocycles. The van der Waals surface area contributed by atoms with Gasteiger partial charge >= 0.3 is 0 Å². The third-order valence-corrected chi connectivity index (χ3v) is 6.82. The maximum atomic E-state index is 13.0. The Bertz CT molecular complexity index is 1290. The summed E-state index contributed by atoms with van der Waals surface area (Å²) >= 11 is 1.43. The van der Waals surface area contributed by atoms with E-state index < -0.39 is 0 Å². The van der Waals surface area contributed by atoms with Crippen LogP contribution in [0.5, 0.6) is 0 Å². The zero-order valence-corrected chi connectivity index (χ0v) is 20.5. The van der Waals surface area contributed by atoms with Crippen LogP contribution in [0.1, 0.15) is 44.0 Å². The standard InChI is InChI=1S/C25H31N5O3S/c1-18(12-13-19-8-4-3-5-9-19)26-22(31)11-6-10-21-27-28-25-29(15-7-16-33-2)24(32)23-20(30(21)25)14-17-34-23/h3-5,8-9,14,17-18H,6-7,10-13,15-16H2,1-2H3,(H,26,31)/t18-/m1/s1. The molecular weight excluding hydrogens is 450 g/mol. The first-order chi connectivity index (χ1) is 16.6. The van der Waals surface area contributed by atoms with Gasteiger partial charge in [-0.3, -0.25) is 18.6 Å². The Kier molecular flexibility index (Phi) is 8.08. The highest BCUT2D eigenvalue weighted by molar-refractivity contribution is 7.17. The Hall–Kier alpha value is -3.04. The lowest BCUT2D eigenvalue weighted by Gasteiger charge is -2.14. The zero-order chi connectivity index (χ0) is 23.9. The number of amides is 1. The molecule has 0 spiro atoms. The van der Waals surface area contributed by atoms with Gasteiger partial charge in [-0.15, -0.1) is 21.5 Å². The third-order valence-electron chi connectivity index (χ3n) is 5.93. The summed E-state index contributed by atoms with van der Waals surface area (Å²) in [4.78, 5) is 25.4. The molecule has 0 unspecified atom stereocenters. The number of fused-ring (bicyclic) bond motifs is 3. The van der Waals surface area contributed by atoms with Crippen molar-refractivity contribution in [1.82, 2.24) is 24.5 Å². The molecule has 4 aromatic rings. The smallest absolute Gasteiger partial charge is 0.272 e. The number of aromatic nitrogens is 4. The number of nitrogens with one attached hydrogen (secondary N) is 1. The van der Waals surface area contributed by atoms with Gasteiger partial charge in [0.15, 0.2) is 0 Å². The Morgan fingerprint density at radius 3 is 2.76 bits per heavy atom. The Labute approximate surface area is 202 Å². The average molecular weight is 482 g/mol. The second kappa shape index (κ2) is 11.4. The van der Waals surface area contributed by atoms with Gasteiger partial charge in [0.2, 0.25) is 11.7 Å². The van der Waals surface area contributed by atoms with E-state index >= 15 is 0 Å². The summed E-state index contributed by atoms with van der Waals surface area (Å²) < 4.78 is 9.47. The molecule has 1 amide bonds. The van der Waals surface area contributed by atoms with Crippen LogP contribution >= 0.6 is 11.3 Å². The number of nitrogens with zero attached hydrogens (tertiary/aromatic N) is 4. The number of hydrogen-bond acceptors (Lipinski definition) is 6. The fraction of sp³-hybridized carbons (Fsp3) is 0.440. The summed E-state index contributed by atoms with van der Waals surface area (Å²) in [5.41, 5.74) is 2.06. The molecule has 1 atom stereocenters. The van der Waals surface area contributed by atoms with Crippen LogP contribution in [0.25, 0.3) is 16.0 Å². The summed E-state index contributed by atoms with van der Waals surface area (Å²) in [6.45, 7) is 3.13. The van der Waals surface area contributed by atoms with E-state index in [1.54, 1.807) is 11.7 Å². The van der Waals surface area contributed by atoms with Crippen molar-refractivity contribution in [2.75, 3.05) is 13.7 Å². The minimum atomic E-state index is -0.0450. The number of carbonyl (C=O) groups excluding carboxylic acids is 1. The van der Waals surface area contributed by atoms with Crippen molar-refractivity contribution in [3.05, 3.63) is 63.5 Å². The van der Waals surface area contributed by atoms with Crippen molar-refractivity contribution < 1.29 is 9.53 Å². The molecule has 0 radical (unpaired) electrons. The van der Waals surface area contributed by atoms with Gasteiger partial charge in [0.25, 0.3) is 5.56 Å². The van der Waals surface area contributed by atoms with Gasteiger partial charge in [-0.05, 0) is 49.6 Å². The van der Waals surface area contributed by atoms with Crippen LogP contribution in [-0.2, 0) is 28.9 Å². The van der Waals surface area contributed by atoms with Gasteiger partial charge in [-0.25, -0.2) is 0 Å². The maximum absolute atomic E-state index is 13.0. The fourth-order valence-corrected chi connectivity index (χ4v) is 4.99. The topological polar surface area (TPSA) is 90.5 Å². The van der Waals surface area contributed by atoms with Crippen LogP contribution in [0.15, 0.2) is 46.6 Å². The lowest BCUT2D eigenvalue weighted by molar-refractivity contribution is -0.121. The predicted molar refractivity (Wildman–Crippen MR) is 134 cm³/mol. The molecule has 3 heterocycles. The SMILES string of the molecule is COCCCn1c(=O)c2sccc2n2c(CCCC(=O)N[C@H](C)CCc3ccccc3)nnc12. The maximum Gasteiger partial charge on any atom is 0.272 e. The van der Waals surface area contributed by atoms with Crippen molar-refractivity contribution in [3.63, 3.8) is 0 Å². The summed E-state index contributed by atoms with van der Waals surface area (Å²) in [7, 11) is 1.65. The highest BCUT2D eigenvalue weighted by atomic mass is 32.1. The molecule has 34 heavy (non-hydrogen) atoms. The highest BCUT2D eigenvalue weighted by Crippen LogP contribution is 2.20. The van der Waals surface area contributed by atoms with Crippen molar-refractivity contribution >= 4 is 33.2 Å². The normalized spacial score (nSPS) is 12.4. The second-order valence-corrected chi connectivity index (χ2v) is 9.45.